The van der Waals surface area contributed by atoms with Gasteiger partial charge in [0.25, 0.3) is 5.56 Å². The average Bonchev–Trinajstić information content (AvgIpc) is 3.32. The summed E-state index contributed by atoms with van der Waals surface area (Å²) in [5.74, 6) is 0.750. The summed E-state index contributed by atoms with van der Waals surface area (Å²) in [4.78, 5) is 31.6. The maximum atomic E-state index is 13.9. The number of nitrogens with zero attached hydrogens (tertiary/aromatic N) is 2. The lowest BCUT2D eigenvalue weighted by atomic mass is 9.97. The van der Waals surface area contributed by atoms with E-state index in [0.717, 1.165) is 5.56 Å². The number of thiazole rings is 1. The Morgan fingerprint density at radius 3 is 2.34 bits per heavy atom. The van der Waals surface area contributed by atoms with Crippen LogP contribution >= 0.6 is 46.1 Å². The van der Waals surface area contributed by atoms with Gasteiger partial charge in [-0.1, -0.05) is 70.4 Å². The standard InChI is InChI=1S/C32H27Cl3N2O6S/c1-4-41-25-11-10-19(15-26(25)42-5-2)28-21(31(39)40-3)16-36-32-37(28)30(38)27(44-32)14-18-12-23(34)29(24(35)13-18)43-17-20-8-6-7-9-22(20)33/h6-16,28H,4-5,17H2,1-3H3/b27-14-/t28-/m1/s1. The van der Waals surface area contributed by atoms with Crippen molar-refractivity contribution in [2.75, 3.05) is 20.3 Å². The molecule has 0 spiro atoms. The molecule has 4 aromatic rings. The molecule has 0 amide bonds. The Labute approximate surface area is 272 Å². The number of halogens is 3. The fraction of sp³-hybridized carbons (Fsp3) is 0.219. The van der Waals surface area contributed by atoms with Crippen LogP contribution in [0.1, 0.15) is 36.6 Å². The number of rotatable bonds is 10. The summed E-state index contributed by atoms with van der Waals surface area (Å²) in [6.45, 7) is 4.77. The molecule has 1 aliphatic rings. The van der Waals surface area contributed by atoms with Gasteiger partial charge in [-0.3, -0.25) is 9.36 Å². The van der Waals surface area contributed by atoms with E-state index >= 15 is 0 Å². The van der Waals surface area contributed by atoms with Crippen molar-refractivity contribution in [2.45, 2.75) is 26.5 Å². The van der Waals surface area contributed by atoms with Gasteiger partial charge in [0.1, 0.15) is 6.61 Å². The summed E-state index contributed by atoms with van der Waals surface area (Å²) in [6.07, 6.45) is 3.10. The lowest BCUT2D eigenvalue weighted by Crippen LogP contribution is -2.39. The molecule has 1 aromatic heterocycles. The fourth-order valence-electron chi connectivity index (χ4n) is 4.70. The lowest BCUT2D eigenvalue weighted by molar-refractivity contribution is -0.136. The van der Waals surface area contributed by atoms with Crippen molar-refractivity contribution in [1.29, 1.82) is 0 Å². The summed E-state index contributed by atoms with van der Waals surface area (Å²) >= 11 is 20.5. The maximum Gasteiger partial charge on any atom is 0.337 e. The van der Waals surface area contributed by atoms with Gasteiger partial charge in [0.15, 0.2) is 22.0 Å². The minimum absolute atomic E-state index is 0.177. The highest BCUT2D eigenvalue weighted by Crippen LogP contribution is 2.36. The topological polar surface area (TPSA) is 88.4 Å². The van der Waals surface area contributed by atoms with Crippen LogP contribution in [0.5, 0.6) is 17.2 Å². The molecule has 0 aliphatic carbocycles. The van der Waals surface area contributed by atoms with E-state index in [1.807, 2.05) is 32.0 Å². The smallest absolute Gasteiger partial charge is 0.337 e. The van der Waals surface area contributed by atoms with Crippen LogP contribution in [0.3, 0.4) is 0 Å². The Hall–Kier alpha value is -3.76. The van der Waals surface area contributed by atoms with Crippen molar-refractivity contribution in [3.63, 3.8) is 0 Å². The molecule has 12 heteroatoms. The number of hydrogen-bond donors (Lipinski definition) is 0. The molecule has 0 N–H and O–H groups in total. The van der Waals surface area contributed by atoms with Crippen LogP contribution in [0.25, 0.3) is 6.08 Å². The van der Waals surface area contributed by atoms with Crippen LogP contribution < -0.4 is 29.1 Å². The van der Waals surface area contributed by atoms with Crippen LogP contribution in [-0.2, 0) is 16.1 Å². The summed E-state index contributed by atoms with van der Waals surface area (Å²) in [5.41, 5.74) is 1.84. The molecule has 8 nitrogen and oxygen atoms in total. The highest BCUT2D eigenvalue weighted by Gasteiger charge is 2.31. The van der Waals surface area contributed by atoms with Gasteiger partial charge < -0.3 is 18.9 Å². The zero-order valence-electron chi connectivity index (χ0n) is 23.9. The number of benzene rings is 3. The van der Waals surface area contributed by atoms with Gasteiger partial charge in [-0.2, -0.15) is 0 Å². The number of ether oxygens (including phenoxy) is 4. The van der Waals surface area contributed by atoms with E-state index in [2.05, 4.69) is 4.99 Å². The Morgan fingerprint density at radius 1 is 0.955 bits per heavy atom. The number of aromatic nitrogens is 1. The molecule has 5 rings (SSSR count). The Morgan fingerprint density at radius 2 is 1.66 bits per heavy atom. The highest BCUT2D eigenvalue weighted by atomic mass is 35.5. The first-order chi connectivity index (χ1) is 21.2. The number of methoxy groups -OCH3 is 1. The van der Waals surface area contributed by atoms with Crippen molar-refractivity contribution in [3.05, 3.63) is 118 Å². The number of fused-ring (bicyclic) bond motifs is 1. The van der Waals surface area contributed by atoms with Crippen molar-refractivity contribution in [1.82, 2.24) is 4.57 Å². The minimum Gasteiger partial charge on any atom is -0.490 e. The van der Waals surface area contributed by atoms with E-state index in [0.29, 0.717) is 55.9 Å². The van der Waals surface area contributed by atoms with Crippen LogP contribution in [0.15, 0.2) is 76.2 Å². The number of hydrogen-bond acceptors (Lipinski definition) is 8. The molecule has 44 heavy (non-hydrogen) atoms. The molecular weight excluding hydrogens is 647 g/mol. The Bertz CT molecular complexity index is 1910. The highest BCUT2D eigenvalue weighted by molar-refractivity contribution is 7.07. The monoisotopic (exact) mass is 672 g/mol. The zero-order chi connectivity index (χ0) is 31.4. The molecule has 0 saturated heterocycles. The molecule has 1 aliphatic heterocycles. The second-order valence-electron chi connectivity index (χ2n) is 9.44. The van der Waals surface area contributed by atoms with Gasteiger partial charge in [-0.15, -0.1) is 0 Å². The first-order valence-electron chi connectivity index (χ1n) is 13.6. The molecule has 0 unspecified atom stereocenters. The number of carbonyl (C=O) groups excluding carboxylic acids is 1. The van der Waals surface area contributed by atoms with Crippen LogP contribution in [0.2, 0.25) is 15.1 Å². The first kappa shape index (κ1) is 31.7. The van der Waals surface area contributed by atoms with E-state index < -0.39 is 12.0 Å². The Balaban J connectivity index is 1.55. The van der Waals surface area contributed by atoms with Gasteiger partial charge in [-0.05, 0) is 61.4 Å². The Kier molecular flexibility index (Phi) is 10.0. The second kappa shape index (κ2) is 13.9. The molecule has 1 atom stereocenters. The number of esters is 1. The fourth-order valence-corrected chi connectivity index (χ4v) is 6.48. The third-order valence-corrected chi connectivity index (χ3v) is 8.58. The maximum absolute atomic E-state index is 13.9. The van der Waals surface area contributed by atoms with E-state index in [4.69, 9.17) is 53.8 Å². The molecule has 2 heterocycles. The minimum atomic E-state index is -0.816. The summed E-state index contributed by atoms with van der Waals surface area (Å²) in [5, 5.41) is 1.11. The summed E-state index contributed by atoms with van der Waals surface area (Å²) in [6, 6.07) is 15.1. The molecule has 0 saturated carbocycles. The third kappa shape index (κ3) is 6.51. The average molecular weight is 674 g/mol. The van der Waals surface area contributed by atoms with Crippen molar-refractivity contribution in [2.24, 2.45) is 4.99 Å². The van der Waals surface area contributed by atoms with Crippen molar-refractivity contribution < 1.29 is 23.7 Å². The molecule has 3 aromatic carbocycles. The predicted octanol–water partition coefficient (Wildman–Crippen LogP) is 6.35. The molecular formula is C32H27Cl3N2O6S. The third-order valence-electron chi connectivity index (χ3n) is 6.66. The van der Waals surface area contributed by atoms with Crippen molar-refractivity contribution in [3.8, 4) is 17.2 Å². The zero-order valence-corrected chi connectivity index (χ0v) is 27.0. The summed E-state index contributed by atoms with van der Waals surface area (Å²) in [7, 11) is 1.28. The van der Waals surface area contributed by atoms with Crippen LogP contribution in [0, 0.1) is 0 Å². The molecule has 0 fully saturated rings. The van der Waals surface area contributed by atoms with Gasteiger partial charge in [0.05, 0.1) is 46.5 Å². The van der Waals surface area contributed by atoms with Gasteiger partial charge >= 0.3 is 5.97 Å². The SMILES string of the molecule is CCOc1ccc([C@@H]2C(C(=O)OC)=CN=c3s/c(=C\c4cc(Cl)c(OCc5ccccc5Cl)c(Cl)c4)c(=O)n32)cc1OCC. The molecule has 0 radical (unpaired) electrons. The summed E-state index contributed by atoms with van der Waals surface area (Å²) < 4.78 is 24.3. The van der Waals surface area contributed by atoms with E-state index in [1.165, 1.54) is 29.2 Å². The van der Waals surface area contributed by atoms with Gasteiger partial charge in [0.2, 0.25) is 0 Å². The largest absolute Gasteiger partial charge is 0.490 e. The van der Waals surface area contributed by atoms with Crippen molar-refractivity contribution >= 4 is 58.2 Å². The lowest BCUT2D eigenvalue weighted by Gasteiger charge is -2.23. The first-order valence-corrected chi connectivity index (χ1v) is 15.5. The van der Waals surface area contributed by atoms with Gasteiger partial charge in [0, 0.05) is 16.8 Å². The van der Waals surface area contributed by atoms with E-state index in [1.54, 1.807) is 42.5 Å². The van der Waals surface area contributed by atoms with Crippen LogP contribution in [-0.4, -0.2) is 30.9 Å². The molecule has 228 valence electrons. The van der Waals surface area contributed by atoms with Crippen LogP contribution in [0.4, 0.5) is 0 Å². The number of carbonyl (C=O) groups is 1. The quantitative estimate of drug-likeness (QED) is 0.182. The predicted molar refractivity (Wildman–Crippen MR) is 172 cm³/mol. The van der Waals surface area contributed by atoms with E-state index in [9.17, 15) is 9.59 Å². The van der Waals surface area contributed by atoms with E-state index in [-0.39, 0.29) is 27.8 Å². The normalized spacial score (nSPS) is 14.4. The van der Waals surface area contributed by atoms with Gasteiger partial charge in [-0.25, -0.2) is 9.79 Å². The second-order valence-corrected chi connectivity index (χ2v) is 11.7. The molecule has 0 bridgehead atoms.